The van der Waals surface area contributed by atoms with E-state index in [0.717, 1.165) is 20.9 Å². The van der Waals surface area contributed by atoms with Crippen LogP contribution in [-0.4, -0.2) is 11.1 Å². The maximum absolute atomic E-state index is 11.5. The van der Waals surface area contributed by atoms with E-state index in [1.165, 1.54) is 30.1 Å². The van der Waals surface area contributed by atoms with Gasteiger partial charge in [-0.15, -0.1) is 0 Å². The number of rotatable bonds is 7. The zero-order chi connectivity index (χ0) is 26.5. The predicted octanol–water partition coefficient (Wildman–Crippen LogP) is 8.95. The second-order valence-corrected chi connectivity index (χ2v) is 9.68. The molecule has 0 unspecified atom stereocenters. The van der Waals surface area contributed by atoms with Gasteiger partial charge >= 0.3 is 0 Å². The van der Waals surface area contributed by atoms with Crippen LogP contribution in [0, 0.1) is 21.4 Å². The van der Waals surface area contributed by atoms with E-state index in [0.29, 0.717) is 21.9 Å². The summed E-state index contributed by atoms with van der Waals surface area (Å²) >= 11 is 7.43. The number of halogens is 1. The second-order valence-electron chi connectivity index (χ2n) is 8.12. The number of benzene rings is 4. The van der Waals surface area contributed by atoms with Gasteiger partial charge in [0.05, 0.1) is 4.92 Å². The van der Waals surface area contributed by atoms with Crippen molar-refractivity contribution in [2.45, 2.75) is 9.79 Å². The van der Waals surface area contributed by atoms with Gasteiger partial charge in [0, 0.05) is 49.9 Å². The molecule has 0 atom stereocenters. The minimum absolute atomic E-state index is 0.0678. The molecule has 0 saturated carbocycles. The van der Waals surface area contributed by atoms with Crippen molar-refractivity contribution in [1.29, 1.82) is 5.26 Å². The van der Waals surface area contributed by atoms with Crippen molar-refractivity contribution in [2.75, 3.05) is 0 Å². The van der Waals surface area contributed by atoms with Crippen molar-refractivity contribution in [3.05, 3.63) is 129 Å². The van der Waals surface area contributed by atoms with Gasteiger partial charge in [-0.2, -0.15) is 5.26 Å². The molecule has 0 radical (unpaired) electrons. The maximum Gasteiger partial charge on any atom is 0.270 e. The molecule has 0 amide bonds. The Kier molecular flexibility index (Phi) is 7.36. The number of hydrogen-bond acceptors (Lipinski definition) is 6. The molecule has 8 heteroatoms. The monoisotopic (exact) mass is 535 g/mol. The Morgan fingerprint density at radius 1 is 0.921 bits per heavy atom. The van der Waals surface area contributed by atoms with Crippen molar-refractivity contribution in [3.63, 3.8) is 0 Å². The molecular formula is C30H18ClN3O3S. The summed E-state index contributed by atoms with van der Waals surface area (Å²) in [6.07, 6.45) is 1.49. The largest absolute Gasteiger partial charge is 0.436 e. The summed E-state index contributed by atoms with van der Waals surface area (Å²) in [7, 11) is 0. The summed E-state index contributed by atoms with van der Waals surface area (Å²) in [5, 5.41) is 22.2. The van der Waals surface area contributed by atoms with E-state index < -0.39 is 4.92 Å². The summed E-state index contributed by atoms with van der Waals surface area (Å²) in [6.45, 7) is 0. The molecular weight excluding hydrogens is 518 g/mol. The lowest BCUT2D eigenvalue weighted by Gasteiger charge is -2.06. The maximum atomic E-state index is 11.5. The molecule has 0 aliphatic carbocycles. The average Bonchev–Trinajstić information content (AvgIpc) is 3.33. The smallest absolute Gasteiger partial charge is 0.270 e. The van der Waals surface area contributed by atoms with Crippen LogP contribution in [0.3, 0.4) is 0 Å². The molecule has 38 heavy (non-hydrogen) atoms. The first-order chi connectivity index (χ1) is 18.5. The average molecular weight is 536 g/mol. The highest BCUT2D eigenvalue weighted by Gasteiger charge is 2.22. The second kappa shape index (κ2) is 11.2. The lowest BCUT2D eigenvalue weighted by molar-refractivity contribution is -0.384. The number of nitriles is 1. The van der Waals surface area contributed by atoms with Gasteiger partial charge in [-0.1, -0.05) is 84.0 Å². The summed E-state index contributed by atoms with van der Waals surface area (Å²) in [5.74, 6) is 0.648. The van der Waals surface area contributed by atoms with Crippen molar-refractivity contribution in [3.8, 4) is 28.5 Å². The lowest BCUT2D eigenvalue weighted by Crippen LogP contribution is -1.92. The van der Waals surface area contributed by atoms with E-state index in [2.05, 4.69) is 11.1 Å². The Bertz CT molecular complexity index is 1680. The molecule has 1 heterocycles. The van der Waals surface area contributed by atoms with E-state index in [-0.39, 0.29) is 17.1 Å². The highest BCUT2D eigenvalue weighted by molar-refractivity contribution is 7.99. The molecule has 0 fully saturated rings. The predicted molar refractivity (Wildman–Crippen MR) is 150 cm³/mol. The highest BCUT2D eigenvalue weighted by atomic mass is 35.5. The first-order valence-electron chi connectivity index (χ1n) is 11.5. The van der Waals surface area contributed by atoms with Crippen LogP contribution in [0.1, 0.15) is 11.1 Å². The van der Waals surface area contributed by atoms with Crippen LogP contribution in [0.4, 0.5) is 11.6 Å². The van der Waals surface area contributed by atoms with Crippen LogP contribution >= 0.6 is 23.4 Å². The van der Waals surface area contributed by atoms with Crippen LogP contribution in [0.15, 0.2) is 122 Å². The van der Waals surface area contributed by atoms with Gasteiger partial charge in [0.25, 0.3) is 5.69 Å². The molecule has 0 aliphatic rings. The lowest BCUT2D eigenvalue weighted by atomic mass is 9.98. The minimum atomic E-state index is -0.456. The molecule has 0 aliphatic heterocycles. The normalized spacial score (nSPS) is 10.9. The summed E-state index contributed by atoms with van der Waals surface area (Å²) in [4.78, 5) is 17.2. The van der Waals surface area contributed by atoms with Gasteiger partial charge in [0.15, 0.2) is 0 Å². The van der Waals surface area contributed by atoms with Gasteiger partial charge in [0.1, 0.15) is 17.4 Å². The van der Waals surface area contributed by atoms with Gasteiger partial charge in [0.2, 0.25) is 5.88 Å². The molecule has 4 aromatic carbocycles. The van der Waals surface area contributed by atoms with Gasteiger partial charge in [-0.25, -0.2) is 4.99 Å². The first-order valence-corrected chi connectivity index (χ1v) is 12.7. The fraction of sp³-hybridized carbons (Fsp3) is 0. The Morgan fingerprint density at radius 3 is 2.21 bits per heavy atom. The quantitative estimate of drug-likeness (QED) is 0.118. The Morgan fingerprint density at radius 2 is 1.58 bits per heavy atom. The highest BCUT2D eigenvalue weighted by Crippen LogP contribution is 2.42. The number of nitro benzene ring substituents is 1. The van der Waals surface area contributed by atoms with Gasteiger partial charge < -0.3 is 4.42 Å². The molecule has 1 aromatic heterocycles. The van der Waals surface area contributed by atoms with E-state index in [9.17, 15) is 15.4 Å². The van der Waals surface area contributed by atoms with E-state index in [1.54, 1.807) is 18.2 Å². The molecule has 0 saturated heterocycles. The van der Waals surface area contributed by atoms with E-state index in [4.69, 9.17) is 16.0 Å². The first kappa shape index (κ1) is 25.0. The van der Waals surface area contributed by atoms with Gasteiger partial charge in [-0.3, -0.25) is 10.1 Å². The molecule has 184 valence electrons. The fourth-order valence-corrected chi connectivity index (χ4v) is 4.91. The van der Waals surface area contributed by atoms with Crippen molar-refractivity contribution >= 4 is 41.1 Å². The summed E-state index contributed by atoms with van der Waals surface area (Å²) < 4.78 is 6.17. The number of aliphatic imine (C=N–C) groups is 1. The molecule has 5 aromatic rings. The number of nitro groups is 1. The third-order valence-electron chi connectivity index (χ3n) is 5.67. The molecule has 0 spiro atoms. The topological polar surface area (TPSA) is 92.4 Å². The third-order valence-corrected chi connectivity index (χ3v) is 7.02. The molecule has 0 N–H and O–H groups in total. The zero-order valence-corrected chi connectivity index (χ0v) is 21.3. The van der Waals surface area contributed by atoms with Crippen molar-refractivity contribution in [2.24, 2.45) is 4.99 Å². The van der Waals surface area contributed by atoms with Crippen LogP contribution < -0.4 is 0 Å². The number of non-ortho nitro benzene ring substituents is 1. The van der Waals surface area contributed by atoms with Crippen LogP contribution in [-0.2, 0) is 0 Å². The van der Waals surface area contributed by atoms with Crippen molar-refractivity contribution < 1.29 is 9.34 Å². The number of nitrogens with zero attached hydrogens (tertiary/aromatic N) is 3. The van der Waals surface area contributed by atoms with E-state index >= 15 is 0 Å². The van der Waals surface area contributed by atoms with E-state index in [1.807, 2.05) is 72.8 Å². The molecule has 6 nitrogen and oxygen atoms in total. The molecule has 5 rings (SSSR count). The number of hydrogen-bond donors (Lipinski definition) is 0. The Hall–Kier alpha value is -4.64. The number of furan rings is 1. The summed E-state index contributed by atoms with van der Waals surface area (Å²) in [5.41, 5.74) is 3.00. The minimum Gasteiger partial charge on any atom is -0.436 e. The van der Waals surface area contributed by atoms with Crippen LogP contribution in [0.2, 0.25) is 5.02 Å². The SMILES string of the molecule is N#Cc1c(N=Cc2cc([N+](=O)[O-])ccc2Sc2ccc(Cl)cc2)oc(-c2ccccc2)c1-c1ccccc1. The van der Waals surface area contributed by atoms with Crippen LogP contribution in [0.5, 0.6) is 0 Å². The summed E-state index contributed by atoms with van der Waals surface area (Å²) in [6, 6.07) is 33.1. The molecule has 0 bridgehead atoms. The van der Waals surface area contributed by atoms with Crippen LogP contribution in [0.25, 0.3) is 22.5 Å². The zero-order valence-electron chi connectivity index (χ0n) is 19.7. The van der Waals surface area contributed by atoms with Gasteiger partial charge in [-0.05, 0) is 35.9 Å². The Labute approximate surface area is 228 Å². The van der Waals surface area contributed by atoms with Crippen molar-refractivity contribution in [1.82, 2.24) is 0 Å². The Balaban J connectivity index is 1.62. The standard InChI is InChI=1S/C30H18ClN3O3S/c31-23-11-14-25(15-12-23)38-27-16-13-24(34(35)36)17-22(27)19-33-30-26(18-32)28(20-7-3-1-4-8-20)29(37-30)21-9-5-2-6-10-21/h1-17,19H. The fourth-order valence-electron chi connectivity index (χ4n) is 3.89. The third kappa shape index (κ3) is 5.37.